The van der Waals surface area contributed by atoms with Crippen molar-refractivity contribution in [3.63, 3.8) is 0 Å². The van der Waals surface area contributed by atoms with Crippen molar-refractivity contribution in [2.75, 3.05) is 6.61 Å². The molecule has 0 radical (unpaired) electrons. The number of benzene rings is 2. The normalized spacial score (nSPS) is 17.6. The van der Waals surface area contributed by atoms with Crippen molar-refractivity contribution < 1.29 is 27.4 Å². The molecule has 3 heterocycles. The number of nitrogens with one attached hydrogen (secondary N) is 1. The lowest BCUT2D eigenvalue weighted by Crippen LogP contribution is -2.50. The van der Waals surface area contributed by atoms with Crippen LogP contribution < -0.4 is 14.8 Å². The molecule has 2 aromatic carbocycles. The minimum absolute atomic E-state index is 0.277. The molecule has 0 saturated carbocycles. The molecule has 34 heavy (non-hydrogen) atoms. The van der Waals surface area contributed by atoms with Gasteiger partial charge in [0.1, 0.15) is 22.7 Å². The Morgan fingerprint density at radius 1 is 1.18 bits per heavy atom. The van der Waals surface area contributed by atoms with E-state index in [1.54, 1.807) is 42.2 Å². The van der Waals surface area contributed by atoms with Gasteiger partial charge in [0, 0.05) is 36.8 Å². The summed E-state index contributed by atoms with van der Waals surface area (Å²) in [6.07, 6.45) is -1.05. The van der Waals surface area contributed by atoms with E-state index in [-0.39, 0.29) is 18.3 Å². The summed E-state index contributed by atoms with van der Waals surface area (Å²) in [6.45, 7) is 0.277. The van der Waals surface area contributed by atoms with Gasteiger partial charge in [0.2, 0.25) is 0 Å². The fourth-order valence-corrected chi connectivity index (χ4v) is 4.22. The Morgan fingerprint density at radius 2 is 1.97 bits per heavy atom. The lowest BCUT2D eigenvalue weighted by atomic mass is 9.81. The van der Waals surface area contributed by atoms with E-state index in [0.29, 0.717) is 34.5 Å². The number of halogens is 3. The van der Waals surface area contributed by atoms with E-state index in [1.165, 1.54) is 24.3 Å². The molecule has 174 valence electrons. The molecule has 1 aliphatic rings. The second-order valence-electron chi connectivity index (χ2n) is 7.96. The number of rotatable bonds is 4. The zero-order valence-electron chi connectivity index (χ0n) is 18.0. The van der Waals surface area contributed by atoms with Gasteiger partial charge in [-0.05, 0) is 42.0 Å². The number of alkyl halides is 3. The molecule has 4 aromatic rings. The molecule has 5 rings (SSSR count). The first-order valence-electron chi connectivity index (χ1n) is 10.4. The number of fused-ring (bicyclic) bond motifs is 2. The second kappa shape index (κ2) is 8.05. The molecule has 0 saturated heterocycles. The number of pyridine rings is 1. The average Bonchev–Trinajstić information content (AvgIpc) is 3.18. The summed E-state index contributed by atoms with van der Waals surface area (Å²) >= 11 is 0. The summed E-state index contributed by atoms with van der Waals surface area (Å²) in [7, 11) is 1.80. The Kier molecular flexibility index (Phi) is 5.15. The number of hydrogen-bond acceptors (Lipinski definition) is 5. The number of aromatic nitrogens is 3. The Balaban J connectivity index is 1.56. The van der Waals surface area contributed by atoms with Gasteiger partial charge in [-0.15, -0.1) is 13.2 Å². The molecule has 7 nitrogen and oxygen atoms in total. The van der Waals surface area contributed by atoms with E-state index < -0.39 is 11.9 Å². The van der Waals surface area contributed by atoms with Crippen molar-refractivity contribution in [1.82, 2.24) is 20.1 Å². The van der Waals surface area contributed by atoms with Crippen molar-refractivity contribution in [3.05, 3.63) is 83.8 Å². The van der Waals surface area contributed by atoms with E-state index in [1.807, 2.05) is 12.3 Å². The molecule has 2 aromatic heterocycles. The summed E-state index contributed by atoms with van der Waals surface area (Å²) < 4.78 is 49.3. The summed E-state index contributed by atoms with van der Waals surface area (Å²) in [5.74, 6) is -0.238. The Bertz CT molecular complexity index is 1370. The monoisotopic (exact) mass is 468 g/mol. The molecule has 1 amide bonds. The van der Waals surface area contributed by atoms with Crippen molar-refractivity contribution in [3.8, 4) is 11.5 Å². The Labute approximate surface area is 192 Å². The maximum absolute atomic E-state index is 13.4. The van der Waals surface area contributed by atoms with E-state index in [2.05, 4.69) is 20.1 Å². The van der Waals surface area contributed by atoms with Crippen LogP contribution >= 0.6 is 0 Å². The molecule has 0 fully saturated rings. The van der Waals surface area contributed by atoms with Gasteiger partial charge in [-0.3, -0.25) is 14.5 Å². The van der Waals surface area contributed by atoms with Crippen LogP contribution in [0.15, 0.2) is 67.0 Å². The summed E-state index contributed by atoms with van der Waals surface area (Å²) in [4.78, 5) is 17.9. The maximum atomic E-state index is 13.4. The second-order valence-corrected chi connectivity index (χ2v) is 7.96. The number of aryl methyl sites for hydroxylation is 1. The predicted molar refractivity (Wildman–Crippen MR) is 116 cm³/mol. The van der Waals surface area contributed by atoms with Crippen LogP contribution in [-0.2, 0) is 12.6 Å². The average molecular weight is 468 g/mol. The molecular weight excluding hydrogens is 449 g/mol. The molecule has 1 atom stereocenters. The third-order valence-electron chi connectivity index (χ3n) is 5.70. The summed E-state index contributed by atoms with van der Waals surface area (Å²) in [5.41, 5.74) is 0.965. The van der Waals surface area contributed by atoms with Crippen LogP contribution in [0.3, 0.4) is 0 Å². The molecule has 0 bridgehead atoms. The number of carbonyl (C=O) groups is 1. The molecule has 0 unspecified atom stereocenters. The smallest absolute Gasteiger partial charge is 0.491 e. The van der Waals surface area contributed by atoms with Gasteiger partial charge in [0.05, 0.1) is 12.1 Å². The number of amides is 1. The van der Waals surface area contributed by atoms with Crippen molar-refractivity contribution in [1.29, 1.82) is 0 Å². The maximum Gasteiger partial charge on any atom is 0.573 e. The summed E-state index contributed by atoms with van der Waals surface area (Å²) in [5, 5.41) is 8.33. The highest BCUT2D eigenvalue weighted by atomic mass is 19.4. The number of hydrogen-bond donors (Lipinski definition) is 1. The molecular formula is C24H19F3N4O3. The topological polar surface area (TPSA) is 78.3 Å². The van der Waals surface area contributed by atoms with E-state index in [0.717, 1.165) is 5.39 Å². The molecule has 1 aliphatic heterocycles. The fourth-order valence-electron chi connectivity index (χ4n) is 4.22. The highest BCUT2D eigenvalue weighted by Crippen LogP contribution is 2.41. The highest BCUT2D eigenvalue weighted by molar-refractivity contribution is 5.98. The van der Waals surface area contributed by atoms with Crippen molar-refractivity contribution >= 4 is 16.8 Å². The van der Waals surface area contributed by atoms with Crippen LogP contribution in [0.25, 0.3) is 10.9 Å². The Hall–Kier alpha value is -4.08. The van der Waals surface area contributed by atoms with Crippen molar-refractivity contribution in [2.24, 2.45) is 7.05 Å². The van der Waals surface area contributed by atoms with Crippen LogP contribution in [0.5, 0.6) is 11.5 Å². The SMILES string of the molecule is Cn1cc2ccc(C(=O)N[C@]3(c4ccc(OC(F)(F)F)cc4)CCOc4cccnc43)cc2n1. The first-order valence-corrected chi connectivity index (χ1v) is 10.4. The van der Waals surface area contributed by atoms with Gasteiger partial charge in [0.15, 0.2) is 0 Å². The highest BCUT2D eigenvalue weighted by Gasteiger charge is 2.43. The third kappa shape index (κ3) is 4.02. The quantitative estimate of drug-likeness (QED) is 0.483. The predicted octanol–water partition coefficient (Wildman–Crippen LogP) is 4.32. The fraction of sp³-hybridized carbons (Fsp3) is 0.208. The molecule has 0 aliphatic carbocycles. The van der Waals surface area contributed by atoms with E-state index >= 15 is 0 Å². The van der Waals surface area contributed by atoms with Crippen LogP contribution in [-0.4, -0.2) is 33.6 Å². The van der Waals surface area contributed by atoms with Crippen LogP contribution in [0.4, 0.5) is 13.2 Å². The number of ether oxygens (including phenoxy) is 2. The van der Waals surface area contributed by atoms with Crippen LogP contribution in [0, 0.1) is 0 Å². The lowest BCUT2D eigenvalue weighted by molar-refractivity contribution is -0.274. The Morgan fingerprint density at radius 3 is 2.74 bits per heavy atom. The van der Waals surface area contributed by atoms with Gasteiger partial charge in [-0.25, -0.2) is 0 Å². The largest absolute Gasteiger partial charge is 0.573 e. The zero-order valence-corrected chi connectivity index (χ0v) is 18.0. The number of carbonyl (C=O) groups excluding carboxylic acids is 1. The van der Waals surface area contributed by atoms with Crippen molar-refractivity contribution in [2.45, 2.75) is 18.3 Å². The van der Waals surface area contributed by atoms with Gasteiger partial charge in [-0.1, -0.05) is 18.2 Å². The minimum atomic E-state index is -4.80. The van der Waals surface area contributed by atoms with E-state index in [4.69, 9.17) is 4.74 Å². The molecule has 1 N–H and O–H groups in total. The van der Waals surface area contributed by atoms with Gasteiger partial charge in [0.25, 0.3) is 5.91 Å². The third-order valence-corrected chi connectivity index (χ3v) is 5.70. The van der Waals surface area contributed by atoms with Crippen LogP contribution in [0.2, 0.25) is 0 Å². The lowest BCUT2D eigenvalue weighted by Gasteiger charge is -2.39. The molecule has 0 spiro atoms. The first-order chi connectivity index (χ1) is 16.2. The van der Waals surface area contributed by atoms with Gasteiger partial charge < -0.3 is 14.8 Å². The standard InChI is InChI=1S/C24H19F3N4O3/c1-31-14-16-5-4-15(13-19(16)30-31)22(32)29-23(10-12-33-20-3-2-11-28-21(20)23)17-6-8-18(9-7-17)34-24(25,26)27/h2-9,11,13-14H,10,12H2,1H3,(H,29,32)/t23-/m0/s1. The van der Waals surface area contributed by atoms with Gasteiger partial charge in [-0.2, -0.15) is 5.10 Å². The van der Waals surface area contributed by atoms with Gasteiger partial charge >= 0.3 is 6.36 Å². The first kappa shape index (κ1) is 21.7. The number of nitrogens with zero attached hydrogens (tertiary/aromatic N) is 3. The molecule has 10 heteroatoms. The summed E-state index contributed by atoms with van der Waals surface area (Å²) in [6, 6.07) is 14.1. The minimum Gasteiger partial charge on any atom is -0.491 e. The van der Waals surface area contributed by atoms with Crippen LogP contribution in [0.1, 0.15) is 28.0 Å². The van der Waals surface area contributed by atoms with E-state index in [9.17, 15) is 18.0 Å². The zero-order chi connectivity index (χ0) is 23.9.